The second-order valence-electron chi connectivity index (χ2n) is 7.58. The molecule has 2 amide bonds. The van der Waals surface area contributed by atoms with E-state index in [1.807, 2.05) is 9.80 Å². The van der Waals surface area contributed by atoms with E-state index in [9.17, 15) is 14.0 Å². The Hall–Kier alpha value is -1.91. The lowest BCUT2D eigenvalue weighted by Crippen LogP contribution is -2.50. The van der Waals surface area contributed by atoms with Crippen molar-refractivity contribution in [2.75, 3.05) is 26.2 Å². The molecule has 1 aliphatic carbocycles. The highest BCUT2D eigenvalue weighted by Gasteiger charge is 2.24. The van der Waals surface area contributed by atoms with Crippen LogP contribution < -0.4 is 0 Å². The Morgan fingerprint density at radius 1 is 0.885 bits per heavy atom. The van der Waals surface area contributed by atoms with Gasteiger partial charge in [-0.05, 0) is 36.5 Å². The van der Waals surface area contributed by atoms with Gasteiger partial charge in [0.05, 0.1) is 0 Å². The first-order valence-corrected chi connectivity index (χ1v) is 9.92. The van der Waals surface area contributed by atoms with Crippen LogP contribution in [0.3, 0.4) is 0 Å². The number of aryl methyl sites for hydroxylation is 1. The van der Waals surface area contributed by atoms with Crippen molar-refractivity contribution >= 4 is 11.8 Å². The largest absolute Gasteiger partial charge is 0.339 e. The summed E-state index contributed by atoms with van der Waals surface area (Å²) in [5.41, 5.74) is 0.973. The summed E-state index contributed by atoms with van der Waals surface area (Å²) < 4.78 is 12.9. The molecular formula is C21H29FN2O2. The molecule has 2 aliphatic rings. The number of amides is 2. The minimum atomic E-state index is -0.256. The summed E-state index contributed by atoms with van der Waals surface area (Å²) in [7, 11) is 0. The molecule has 1 aromatic carbocycles. The molecule has 0 N–H and O–H groups in total. The van der Waals surface area contributed by atoms with Gasteiger partial charge in [0.1, 0.15) is 5.82 Å². The number of hydrogen-bond donors (Lipinski definition) is 0. The molecule has 1 saturated heterocycles. The smallest absolute Gasteiger partial charge is 0.223 e. The Labute approximate surface area is 155 Å². The van der Waals surface area contributed by atoms with E-state index < -0.39 is 0 Å². The number of rotatable bonds is 6. The Kier molecular flexibility index (Phi) is 6.64. The van der Waals surface area contributed by atoms with Gasteiger partial charge in [-0.2, -0.15) is 0 Å². The van der Waals surface area contributed by atoms with Gasteiger partial charge in [0, 0.05) is 39.0 Å². The Morgan fingerprint density at radius 2 is 1.42 bits per heavy atom. The zero-order chi connectivity index (χ0) is 18.4. The molecule has 1 aromatic rings. The number of hydrogen-bond acceptors (Lipinski definition) is 2. The molecule has 0 atom stereocenters. The minimum absolute atomic E-state index is 0.118. The van der Waals surface area contributed by atoms with Crippen molar-refractivity contribution in [1.29, 1.82) is 0 Å². The third-order valence-corrected chi connectivity index (χ3v) is 5.77. The second kappa shape index (κ2) is 9.15. The fraction of sp³-hybridized carbons (Fsp3) is 0.619. The van der Waals surface area contributed by atoms with Gasteiger partial charge in [-0.25, -0.2) is 4.39 Å². The third-order valence-electron chi connectivity index (χ3n) is 5.77. The topological polar surface area (TPSA) is 40.6 Å². The highest BCUT2D eigenvalue weighted by atomic mass is 19.1. The van der Waals surface area contributed by atoms with Crippen molar-refractivity contribution in [3.8, 4) is 0 Å². The van der Waals surface area contributed by atoms with Crippen molar-refractivity contribution in [3.63, 3.8) is 0 Å². The first-order chi connectivity index (χ1) is 12.6. The molecule has 142 valence electrons. The SMILES string of the molecule is O=C(CCc1ccc(F)cc1)N1CCN(C(=O)CCC2CCCC2)CC1. The molecular weight excluding hydrogens is 331 g/mol. The average molecular weight is 360 g/mol. The quantitative estimate of drug-likeness (QED) is 0.780. The number of carbonyl (C=O) groups is 2. The van der Waals surface area contributed by atoms with Crippen LogP contribution in [0.2, 0.25) is 0 Å². The summed E-state index contributed by atoms with van der Waals surface area (Å²) >= 11 is 0. The highest BCUT2D eigenvalue weighted by molar-refractivity contribution is 5.78. The maximum absolute atomic E-state index is 12.9. The summed E-state index contributed by atoms with van der Waals surface area (Å²) in [6.07, 6.45) is 7.93. The van der Waals surface area contributed by atoms with E-state index in [1.165, 1.54) is 37.8 Å². The maximum Gasteiger partial charge on any atom is 0.223 e. The Balaban J connectivity index is 1.36. The highest BCUT2D eigenvalue weighted by Crippen LogP contribution is 2.28. The predicted octanol–water partition coefficient (Wildman–Crippen LogP) is 3.40. The van der Waals surface area contributed by atoms with Gasteiger partial charge >= 0.3 is 0 Å². The molecule has 2 fully saturated rings. The van der Waals surface area contributed by atoms with Crippen LogP contribution in [0, 0.1) is 11.7 Å². The minimum Gasteiger partial charge on any atom is -0.339 e. The Bertz CT molecular complexity index is 603. The van der Waals surface area contributed by atoms with Gasteiger partial charge in [0.25, 0.3) is 0 Å². The maximum atomic E-state index is 12.9. The van der Waals surface area contributed by atoms with Crippen LogP contribution in [-0.4, -0.2) is 47.8 Å². The van der Waals surface area contributed by atoms with Crippen LogP contribution in [-0.2, 0) is 16.0 Å². The van der Waals surface area contributed by atoms with Crippen molar-refractivity contribution < 1.29 is 14.0 Å². The number of carbonyl (C=O) groups excluding carboxylic acids is 2. The van der Waals surface area contributed by atoms with E-state index in [2.05, 4.69) is 0 Å². The fourth-order valence-corrected chi connectivity index (χ4v) is 4.05. The lowest BCUT2D eigenvalue weighted by atomic mass is 10.0. The first kappa shape index (κ1) is 18.9. The van der Waals surface area contributed by atoms with Gasteiger partial charge in [0.15, 0.2) is 0 Å². The summed E-state index contributed by atoms with van der Waals surface area (Å²) in [5, 5.41) is 0. The second-order valence-corrected chi connectivity index (χ2v) is 7.58. The zero-order valence-corrected chi connectivity index (χ0v) is 15.5. The molecule has 3 rings (SSSR count). The predicted molar refractivity (Wildman–Crippen MR) is 99.1 cm³/mol. The van der Waals surface area contributed by atoms with E-state index in [0.717, 1.165) is 17.9 Å². The molecule has 1 saturated carbocycles. The van der Waals surface area contributed by atoms with E-state index in [0.29, 0.717) is 45.4 Å². The van der Waals surface area contributed by atoms with Crippen LogP contribution >= 0.6 is 0 Å². The van der Waals surface area contributed by atoms with Crippen molar-refractivity contribution in [2.24, 2.45) is 5.92 Å². The molecule has 0 bridgehead atoms. The van der Waals surface area contributed by atoms with Crippen LogP contribution in [0.5, 0.6) is 0 Å². The lowest BCUT2D eigenvalue weighted by Gasteiger charge is -2.35. The molecule has 0 radical (unpaired) electrons. The molecule has 0 unspecified atom stereocenters. The summed E-state index contributed by atoms with van der Waals surface area (Å²) in [5.74, 6) is 0.852. The van der Waals surface area contributed by atoms with Crippen LogP contribution in [0.1, 0.15) is 50.5 Å². The van der Waals surface area contributed by atoms with Gasteiger partial charge < -0.3 is 9.80 Å². The monoisotopic (exact) mass is 360 g/mol. The molecule has 1 heterocycles. The molecule has 26 heavy (non-hydrogen) atoms. The normalized spacial score (nSPS) is 18.3. The standard InChI is InChI=1S/C21H29FN2O2/c22-19-9-5-18(6-10-19)8-12-21(26)24-15-13-23(14-16-24)20(25)11-7-17-3-1-2-4-17/h5-6,9-10,17H,1-4,7-8,11-16H2. The first-order valence-electron chi connectivity index (χ1n) is 9.92. The molecule has 0 aromatic heterocycles. The van der Waals surface area contributed by atoms with Crippen LogP contribution in [0.25, 0.3) is 0 Å². The molecule has 5 heteroatoms. The number of halogens is 1. The van der Waals surface area contributed by atoms with Gasteiger partial charge in [-0.15, -0.1) is 0 Å². The van der Waals surface area contributed by atoms with E-state index in [1.54, 1.807) is 12.1 Å². The van der Waals surface area contributed by atoms with Gasteiger partial charge in [0.2, 0.25) is 11.8 Å². The summed E-state index contributed by atoms with van der Waals surface area (Å²) in [6, 6.07) is 6.30. The van der Waals surface area contributed by atoms with E-state index in [-0.39, 0.29) is 17.6 Å². The van der Waals surface area contributed by atoms with Crippen molar-refractivity contribution in [3.05, 3.63) is 35.6 Å². The lowest BCUT2D eigenvalue weighted by molar-refractivity contribution is -0.139. The molecule has 0 spiro atoms. The number of nitrogens with zero attached hydrogens (tertiary/aromatic N) is 2. The fourth-order valence-electron chi connectivity index (χ4n) is 4.05. The Morgan fingerprint density at radius 3 is 2.00 bits per heavy atom. The van der Waals surface area contributed by atoms with Gasteiger partial charge in [-0.3, -0.25) is 9.59 Å². The van der Waals surface area contributed by atoms with E-state index in [4.69, 9.17) is 0 Å². The van der Waals surface area contributed by atoms with E-state index >= 15 is 0 Å². The zero-order valence-electron chi connectivity index (χ0n) is 15.5. The third kappa shape index (κ3) is 5.29. The van der Waals surface area contributed by atoms with Crippen molar-refractivity contribution in [2.45, 2.75) is 51.4 Å². The van der Waals surface area contributed by atoms with Crippen LogP contribution in [0.4, 0.5) is 4.39 Å². The molecule has 4 nitrogen and oxygen atoms in total. The summed E-state index contributed by atoms with van der Waals surface area (Å²) in [4.78, 5) is 28.5. The van der Waals surface area contributed by atoms with Crippen LogP contribution in [0.15, 0.2) is 24.3 Å². The number of piperazine rings is 1. The summed E-state index contributed by atoms with van der Waals surface area (Å²) in [6.45, 7) is 2.53. The average Bonchev–Trinajstić information content (AvgIpc) is 3.19. The number of benzene rings is 1. The molecule has 1 aliphatic heterocycles. The van der Waals surface area contributed by atoms with Crippen molar-refractivity contribution in [1.82, 2.24) is 9.80 Å². The van der Waals surface area contributed by atoms with Gasteiger partial charge in [-0.1, -0.05) is 37.8 Å².